The maximum absolute atomic E-state index is 12.6. The lowest BCUT2D eigenvalue weighted by Crippen LogP contribution is -2.27. The highest BCUT2D eigenvalue weighted by atomic mass is 32.2. The van der Waals surface area contributed by atoms with Gasteiger partial charge in [-0.15, -0.1) is 0 Å². The molecule has 21 heavy (non-hydrogen) atoms. The van der Waals surface area contributed by atoms with Crippen LogP contribution in [0, 0.1) is 0 Å². The van der Waals surface area contributed by atoms with Gasteiger partial charge in [-0.05, 0) is 23.8 Å². The molecule has 112 valence electrons. The third-order valence-corrected chi connectivity index (χ3v) is 4.85. The molecule has 0 radical (unpaired) electrons. The van der Waals surface area contributed by atoms with Gasteiger partial charge < -0.3 is 10.5 Å². The Labute approximate surface area is 124 Å². The molecule has 6 nitrogen and oxygen atoms in total. The van der Waals surface area contributed by atoms with Crippen LogP contribution in [0.4, 0.5) is 5.69 Å². The molecule has 0 saturated carbocycles. The van der Waals surface area contributed by atoms with Crippen molar-refractivity contribution in [1.29, 1.82) is 0 Å². The summed E-state index contributed by atoms with van der Waals surface area (Å²) in [4.78, 5) is 4.06. The summed E-state index contributed by atoms with van der Waals surface area (Å²) in [6.07, 6.45) is 3.27. The van der Waals surface area contributed by atoms with Crippen LogP contribution in [0.1, 0.15) is 5.56 Å². The van der Waals surface area contributed by atoms with Crippen LogP contribution in [0.3, 0.4) is 0 Å². The first-order valence-corrected chi connectivity index (χ1v) is 7.68. The Balaban J connectivity index is 2.33. The predicted molar refractivity (Wildman–Crippen MR) is 80.3 cm³/mol. The van der Waals surface area contributed by atoms with E-state index in [1.165, 1.54) is 36.7 Å². The van der Waals surface area contributed by atoms with Crippen LogP contribution in [0.2, 0.25) is 0 Å². The van der Waals surface area contributed by atoms with Crippen LogP contribution < -0.4 is 10.5 Å². The van der Waals surface area contributed by atoms with Gasteiger partial charge in [-0.2, -0.15) is 4.31 Å². The average molecular weight is 307 g/mol. The number of pyridine rings is 1. The molecule has 0 fully saturated rings. The second-order valence-electron chi connectivity index (χ2n) is 4.53. The van der Waals surface area contributed by atoms with Crippen LogP contribution in [-0.4, -0.2) is 31.9 Å². The van der Waals surface area contributed by atoms with Crippen molar-refractivity contribution in [3.8, 4) is 5.75 Å². The van der Waals surface area contributed by atoms with Crippen LogP contribution >= 0.6 is 0 Å². The SMILES string of the molecule is COc1cc(N)ccc1S(=O)(=O)N(C)Cc1cccnc1. The molecule has 2 aromatic rings. The minimum Gasteiger partial charge on any atom is -0.495 e. The monoisotopic (exact) mass is 307 g/mol. The second kappa shape index (κ2) is 6.11. The molecular weight excluding hydrogens is 290 g/mol. The molecule has 0 aliphatic carbocycles. The quantitative estimate of drug-likeness (QED) is 0.846. The number of nitrogens with zero attached hydrogens (tertiary/aromatic N) is 2. The van der Waals surface area contributed by atoms with Gasteiger partial charge >= 0.3 is 0 Å². The van der Waals surface area contributed by atoms with E-state index in [2.05, 4.69) is 4.98 Å². The molecule has 0 atom stereocenters. The number of benzene rings is 1. The van der Waals surface area contributed by atoms with Gasteiger partial charge in [0, 0.05) is 37.7 Å². The van der Waals surface area contributed by atoms with Crippen LogP contribution in [0.15, 0.2) is 47.6 Å². The Hall–Kier alpha value is -2.12. The molecule has 2 rings (SSSR count). The molecule has 0 spiro atoms. The van der Waals surface area contributed by atoms with Gasteiger partial charge in [0.1, 0.15) is 10.6 Å². The van der Waals surface area contributed by atoms with E-state index in [4.69, 9.17) is 10.5 Å². The number of anilines is 1. The highest BCUT2D eigenvalue weighted by Gasteiger charge is 2.25. The highest BCUT2D eigenvalue weighted by Crippen LogP contribution is 2.28. The summed E-state index contributed by atoms with van der Waals surface area (Å²) in [6.45, 7) is 0.226. The van der Waals surface area contributed by atoms with Crippen LogP contribution in [0.25, 0.3) is 0 Å². The van der Waals surface area contributed by atoms with E-state index in [0.29, 0.717) is 5.69 Å². The molecule has 0 aliphatic heterocycles. The number of rotatable bonds is 5. The van der Waals surface area contributed by atoms with Gasteiger partial charge in [0.25, 0.3) is 0 Å². The number of sulfonamides is 1. The molecule has 1 aromatic heterocycles. The normalized spacial score (nSPS) is 11.6. The molecule has 0 bridgehead atoms. The van der Waals surface area contributed by atoms with E-state index >= 15 is 0 Å². The Morgan fingerprint density at radius 2 is 2.10 bits per heavy atom. The molecule has 0 saturated heterocycles. The molecule has 0 unspecified atom stereocenters. The number of nitrogens with two attached hydrogens (primary N) is 1. The lowest BCUT2D eigenvalue weighted by molar-refractivity contribution is 0.398. The third-order valence-electron chi connectivity index (χ3n) is 3.00. The Kier molecular flexibility index (Phi) is 4.44. The van der Waals surface area contributed by atoms with Gasteiger partial charge in [0.05, 0.1) is 7.11 Å². The van der Waals surface area contributed by atoms with Gasteiger partial charge in [0.15, 0.2) is 0 Å². The van der Waals surface area contributed by atoms with Crippen molar-refractivity contribution < 1.29 is 13.2 Å². The fraction of sp³-hybridized carbons (Fsp3) is 0.214. The molecular formula is C14H17N3O3S. The number of aromatic nitrogens is 1. The first-order valence-electron chi connectivity index (χ1n) is 6.24. The summed E-state index contributed by atoms with van der Waals surface area (Å²) in [6, 6.07) is 8.06. The van der Waals surface area contributed by atoms with E-state index < -0.39 is 10.0 Å². The second-order valence-corrected chi connectivity index (χ2v) is 6.55. The van der Waals surface area contributed by atoms with Crippen molar-refractivity contribution in [2.24, 2.45) is 0 Å². The molecule has 0 aliphatic rings. The summed E-state index contributed by atoms with van der Waals surface area (Å²) in [7, 11) is -0.748. The van der Waals surface area contributed by atoms with Crippen molar-refractivity contribution in [3.63, 3.8) is 0 Å². The number of methoxy groups -OCH3 is 1. The Morgan fingerprint density at radius 1 is 1.33 bits per heavy atom. The topological polar surface area (TPSA) is 85.5 Å². The van der Waals surface area contributed by atoms with Crippen molar-refractivity contribution in [3.05, 3.63) is 48.3 Å². The minimum atomic E-state index is -3.67. The van der Waals surface area contributed by atoms with Crippen LogP contribution in [-0.2, 0) is 16.6 Å². The van der Waals surface area contributed by atoms with Crippen molar-refractivity contribution in [2.75, 3.05) is 19.9 Å². The first kappa shape index (κ1) is 15.3. The molecule has 1 heterocycles. The number of nitrogen functional groups attached to an aromatic ring is 1. The first-order chi connectivity index (χ1) is 9.95. The fourth-order valence-electron chi connectivity index (χ4n) is 1.90. The summed E-state index contributed by atoms with van der Waals surface area (Å²) >= 11 is 0. The van der Waals surface area contributed by atoms with Crippen molar-refractivity contribution >= 4 is 15.7 Å². The zero-order valence-corrected chi connectivity index (χ0v) is 12.7. The zero-order chi connectivity index (χ0) is 15.5. The molecule has 2 N–H and O–H groups in total. The van der Waals surface area contributed by atoms with Gasteiger partial charge in [0.2, 0.25) is 10.0 Å². The molecule has 7 heteroatoms. The van der Waals surface area contributed by atoms with E-state index in [0.717, 1.165) is 5.56 Å². The zero-order valence-electron chi connectivity index (χ0n) is 11.9. The predicted octanol–water partition coefficient (Wildman–Crippen LogP) is 1.49. The maximum atomic E-state index is 12.6. The van der Waals surface area contributed by atoms with E-state index in [1.54, 1.807) is 18.5 Å². The summed E-state index contributed by atoms with van der Waals surface area (Å²) < 4.78 is 31.6. The standard InChI is InChI=1S/C14H17N3O3S/c1-17(10-11-4-3-7-16-9-11)21(18,19)14-6-5-12(15)8-13(14)20-2/h3-9H,10,15H2,1-2H3. The summed E-state index contributed by atoms with van der Waals surface area (Å²) in [5.74, 6) is 0.230. The third kappa shape index (κ3) is 3.32. The highest BCUT2D eigenvalue weighted by molar-refractivity contribution is 7.89. The largest absolute Gasteiger partial charge is 0.495 e. The van der Waals surface area contributed by atoms with Crippen molar-refractivity contribution in [2.45, 2.75) is 11.4 Å². The number of ether oxygens (including phenoxy) is 1. The molecule has 0 amide bonds. The molecule has 1 aromatic carbocycles. The summed E-state index contributed by atoms with van der Waals surface area (Å²) in [5, 5.41) is 0. The summed E-state index contributed by atoms with van der Waals surface area (Å²) in [5.41, 5.74) is 6.90. The smallest absolute Gasteiger partial charge is 0.246 e. The van der Waals surface area contributed by atoms with E-state index in [-0.39, 0.29) is 17.2 Å². The van der Waals surface area contributed by atoms with Crippen LogP contribution in [0.5, 0.6) is 5.75 Å². The lowest BCUT2D eigenvalue weighted by atomic mass is 10.3. The van der Waals surface area contributed by atoms with E-state index in [9.17, 15) is 8.42 Å². The average Bonchev–Trinajstić information content (AvgIpc) is 2.47. The van der Waals surface area contributed by atoms with Gasteiger partial charge in [-0.1, -0.05) is 6.07 Å². The minimum absolute atomic E-state index is 0.0885. The fourth-order valence-corrected chi connectivity index (χ4v) is 3.19. The Bertz CT molecular complexity index is 717. The number of hydrogen-bond donors (Lipinski definition) is 1. The van der Waals surface area contributed by atoms with Crippen molar-refractivity contribution in [1.82, 2.24) is 9.29 Å². The van der Waals surface area contributed by atoms with Gasteiger partial charge in [-0.3, -0.25) is 4.98 Å². The Morgan fingerprint density at radius 3 is 2.71 bits per heavy atom. The maximum Gasteiger partial charge on any atom is 0.246 e. The lowest BCUT2D eigenvalue weighted by Gasteiger charge is -2.19. The number of hydrogen-bond acceptors (Lipinski definition) is 5. The van der Waals surface area contributed by atoms with Gasteiger partial charge in [-0.25, -0.2) is 8.42 Å². The van der Waals surface area contributed by atoms with E-state index in [1.807, 2.05) is 6.07 Å².